The Bertz CT molecular complexity index is 403. The Morgan fingerprint density at radius 2 is 2.06 bits per heavy atom. The molecule has 100 valence electrons. The zero-order valence-electron chi connectivity index (χ0n) is 11.1. The van der Waals surface area contributed by atoms with E-state index in [2.05, 4.69) is 35.1 Å². The van der Waals surface area contributed by atoms with E-state index in [-0.39, 0.29) is 18.6 Å². The molecule has 1 amide bonds. The van der Waals surface area contributed by atoms with Crippen molar-refractivity contribution in [1.29, 1.82) is 0 Å². The molecular weight excluding hydrogens is 294 g/mol. The van der Waals surface area contributed by atoms with E-state index >= 15 is 0 Å². The summed E-state index contributed by atoms with van der Waals surface area (Å²) >= 11 is 3.43. The average molecular weight is 314 g/mol. The van der Waals surface area contributed by atoms with E-state index in [1.165, 1.54) is 0 Å². The van der Waals surface area contributed by atoms with Gasteiger partial charge in [0.1, 0.15) is 5.75 Å². The maximum atomic E-state index is 11.7. The zero-order valence-corrected chi connectivity index (χ0v) is 12.7. The molecule has 0 saturated carbocycles. The van der Waals surface area contributed by atoms with E-state index in [0.29, 0.717) is 0 Å². The molecule has 3 nitrogen and oxygen atoms in total. The van der Waals surface area contributed by atoms with Gasteiger partial charge < -0.3 is 10.1 Å². The summed E-state index contributed by atoms with van der Waals surface area (Å²) in [5.74, 6) is 0.652. The molecule has 0 unspecified atom stereocenters. The second kappa shape index (κ2) is 7.41. The SMILES string of the molecule is CCC(CC)NC(=O)COc1ccc(Br)c(C)c1. The number of carbonyl (C=O) groups is 1. The third-order valence-corrected chi connectivity index (χ3v) is 3.74. The lowest BCUT2D eigenvalue weighted by molar-refractivity contribution is -0.123. The molecule has 0 atom stereocenters. The molecule has 1 N–H and O–H groups in total. The van der Waals surface area contributed by atoms with Crippen LogP contribution in [0.3, 0.4) is 0 Å². The van der Waals surface area contributed by atoms with Crippen molar-refractivity contribution >= 4 is 21.8 Å². The summed E-state index contributed by atoms with van der Waals surface area (Å²) in [6.45, 7) is 6.18. The first-order valence-electron chi connectivity index (χ1n) is 6.25. The molecule has 0 heterocycles. The van der Waals surface area contributed by atoms with Crippen molar-refractivity contribution in [2.75, 3.05) is 6.61 Å². The maximum absolute atomic E-state index is 11.7. The summed E-state index contributed by atoms with van der Waals surface area (Å²) in [4.78, 5) is 11.7. The van der Waals surface area contributed by atoms with Crippen LogP contribution in [0.2, 0.25) is 0 Å². The predicted octanol–water partition coefficient (Wildman–Crippen LogP) is 3.44. The molecule has 0 aromatic heterocycles. The Morgan fingerprint density at radius 3 is 2.61 bits per heavy atom. The topological polar surface area (TPSA) is 38.3 Å². The maximum Gasteiger partial charge on any atom is 0.258 e. The van der Waals surface area contributed by atoms with Crippen LogP contribution in [0.5, 0.6) is 5.75 Å². The van der Waals surface area contributed by atoms with Crippen molar-refractivity contribution in [1.82, 2.24) is 5.32 Å². The van der Waals surface area contributed by atoms with E-state index in [1.54, 1.807) is 0 Å². The summed E-state index contributed by atoms with van der Waals surface area (Å²) < 4.78 is 6.50. The van der Waals surface area contributed by atoms with Crippen molar-refractivity contribution in [2.45, 2.75) is 39.7 Å². The fourth-order valence-electron chi connectivity index (χ4n) is 1.62. The van der Waals surface area contributed by atoms with Crippen molar-refractivity contribution in [3.05, 3.63) is 28.2 Å². The van der Waals surface area contributed by atoms with Gasteiger partial charge in [0.15, 0.2) is 6.61 Å². The molecule has 0 radical (unpaired) electrons. The number of ether oxygens (including phenoxy) is 1. The van der Waals surface area contributed by atoms with Crippen molar-refractivity contribution in [2.24, 2.45) is 0 Å². The Balaban J connectivity index is 2.44. The number of carbonyl (C=O) groups excluding carboxylic acids is 1. The fourth-order valence-corrected chi connectivity index (χ4v) is 1.86. The molecule has 0 aliphatic heterocycles. The minimum atomic E-state index is -0.0655. The van der Waals surface area contributed by atoms with Gasteiger partial charge in [0.05, 0.1) is 0 Å². The number of benzene rings is 1. The van der Waals surface area contributed by atoms with Crippen LogP contribution >= 0.6 is 15.9 Å². The predicted molar refractivity (Wildman–Crippen MR) is 76.9 cm³/mol. The van der Waals surface area contributed by atoms with E-state index < -0.39 is 0 Å². The minimum absolute atomic E-state index is 0.0655. The van der Waals surface area contributed by atoms with Gasteiger partial charge in [0, 0.05) is 10.5 Å². The Morgan fingerprint density at radius 1 is 1.39 bits per heavy atom. The summed E-state index contributed by atoms with van der Waals surface area (Å²) in [6, 6.07) is 5.92. The lowest BCUT2D eigenvalue weighted by Crippen LogP contribution is -2.37. The summed E-state index contributed by atoms with van der Waals surface area (Å²) in [7, 11) is 0. The molecule has 0 bridgehead atoms. The zero-order chi connectivity index (χ0) is 13.5. The number of hydrogen-bond acceptors (Lipinski definition) is 2. The van der Waals surface area contributed by atoms with E-state index in [1.807, 2.05) is 25.1 Å². The normalized spacial score (nSPS) is 10.5. The number of nitrogens with one attached hydrogen (secondary N) is 1. The highest BCUT2D eigenvalue weighted by Crippen LogP contribution is 2.21. The highest BCUT2D eigenvalue weighted by molar-refractivity contribution is 9.10. The Labute approximate surface area is 117 Å². The van der Waals surface area contributed by atoms with Gasteiger partial charge in [-0.1, -0.05) is 29.8 Å². The number of hydrogen-bond donors (Lipinski definition) is 1. The Kier molecular flexibility index (Phi) is 6.19. The van der Waals surface area contributed by atoms with Crippen LogP contribution in [0.4, 0.5) is 0 Å². The lowest BCUT2D eigenvalue weighted by atomic mass is 10.2. The molecule has 18 heavy (non-hydrogen) atoms. The molecule has 0 aliphatic carbocycles. The quantitative estimate of drug-likeness (QED) is 0.873. The summed E-state index contributed by atoms with van der Waals surface area (Å²) in [5.41, 5.74) is 1.09. The molecular formula is C14H20BrNO2. The standard InChI is InChI=1S/C14H20BrNO2/c1-4-11(5-2)16-14(17)9-18-12-6-7-13(15)10(3)8-12/h6-8,11H,4-5,9H2,1-3H3,(H,16,17). The molecule has 1 aromatic carbocycles. The first kappa shape index (κ1) is 15.0. The van der Waals surface area contributed by atoms with Crippen LogP contribution in [0.25, 0.3) is 0 Å². The Hall–Kier alpha value is -1.03. The first-order chi connectivity index (χ1) is 8.56. The van der Waals surface area contributed by atoms with E-state index in [0.717, 1.165) is 28.6 Å². The third kappa shape index (κ3) is 4.69. The molecule has 0 saturated heterocycles. The van der Waals surface area contributed by atoms with Crippen molar-refractivity contribution < 1.29 is 9.53 Å². The molecule has 4 heteroatoms. The fraction of sp³-hybridized carbons (Fsp3) is 0.500. The summed E-state index contributed by atoms with van der Waals surface area (Å²) in [5, 5.41) is 2.94. The average Bonchev–Trinajstić information content (AvgIpc) is 2.37. The van der Waals surface area contributed by atoms with Gasteiger partial charge >= 0.3 is 0 Å². The highest BCUT2D eigenvalue weighted by atomic mass is 79.9. The molecule has 0 spiro atoms. The summed E-state index contributed by atoms with van der Waals surface area (Å²) in [6.07, 6.45) is 1.89. The highest BCUT2D eigenvalue weighted by Gasteiger charge is 2.09. The van der Waals surface area contributed by atoms with E-state index in [9.17, 15) is 4.79 Å². The monoisotopic (exact) mass is 313 g/mol. The number of amides is 1. The van der Waals surface area contributed by atoms with Crippen LogP contribution in [0.15, 0.2) is 22.7 Å². The minimum Gasteiger partial charge on any atom is -0.484 e. The number of halogens is 1. The largest absolute Gasteiger partial charge is 0.484 e. The third-order valence-electron chi connectivity index (χ3n) is 2.85. The molecule has 0 fully saturated rings. The molecule has 1 rings (SSSR count). The van der Waals surface area contributed by atoms with E-state index in [4.69, 9.17) is 4.74 Å². The van der Waals surface area contributed by atoms with Gasteiger partial charge in [-0.25, -0.2) is 0 Å². The van der Waals surface area contributed by atoms with Crippen LogP contribution in [-0.2, 0) is 4.79 Å². The van der Waals surface area contributed by atoms with Gasteiger partial charge in [-0.3, -0.25) is 4.79 Å². The van der Waals surface area contributed by atoms with Crippen LogP contribution in [0, 0.1) is 6.92 Å². The van der Waals surface area contributed by atoms with Crippen LogP contribution < -0.4 is 10.1 Å². The second-order valence-electron chi connectivity index (χ2n) is 4.28. The van der Waals surface area contributed by atoms with Gasteiger partial charge in [-0.05, 0) is 43.5 Å². The number of aryl methyl sites for hydroxylation is 1. The second-order valence-corrected chi connectivity index (χ2v) is 5.13. The molecule has 1 aromatic rings. The van der Waals surface area contributed by atoms with Crippen LogP contribution in [-0.4, -0.2) is 18.6 Å². The van der Waals surface area contributed by atoms with Gasteiger partial charge in [0.2, 0.25) is 0 Å². The van der Waals surface area contributed by atoms with Crippen molar-refractivity contribution in [3.8, 4) is 5.75 Å². The number of rotatable bonds is 6. The lowest BCUT2D eigenvalue weighted by Gasteiger charge is -2.15. The smallest absolute Gasteiger partial charge is 0.258 e. The van der Waals surface area contributed by atoms with Crippen molar-refractivity contribution in [3.63, 3.8) is 0 Å². The van der Waals surface area contributed by atoms with Gasteiger partial charge in [-0.2, -0.15) is 0 Å². The van der Waals surface area contributed by atoms with Gasteiger partial charge in [-0.15, -0.1) is 0 Å². The van der Waals surface area contributed by atoms with Gasteiger partial charge in [0.25, 0.3) is 5.91 Å². The van der Waals surface area contributed by atoms with Crippen LogP contribution in [0.1, 0.15) is 32.3 Å². The first-order valence-corrected chi connectivity index (χ1v) is 7.04. The molecule has 0 aliphatic rings.